The third-order valence-corrected chi connectivity index (χ3v) is 4.10. The van der Waals surface area contributed by atoms with E-state index in [0.29, 0.717) is 22.6 Å². The van der Waals surface area contributed by atoms with Crippen LogP contribution in [0.4, 0.5) is 0 Å². The topological polar surface area (TPSA) is 50.7 Å². The lowest BCUT2D eigenvalue weighted by molar-refractivity contribution is 0.453. The Morgan fingerprint density at radius 2 is 2.29 bits per heavy atom. The van der Waals surface area contributed by atoms with E-state index in [1.807, 2.05) is 18.3 Å². The minimum atomic E-state index is 0.377. The third kappa shape index (κ3) is 3.06. The van der Waals surface area contributed by atoms with Crippen molar-refractivity contribution in [3.63, 3.8) is 0 Å². The summed E-state index contributed by atoms with van der Waals surface area (Å²) in [6.07, 6.45) is 8.10. The van der Waals surface area contributed by atoms with Gasteiger partial charge in [-0.3, -0.25) is 4.98 Å². The van der Waals surface area contributed by atoms with E-state index in [1.165, 1.54) is 5.56 Å². The van der Waals surface area contributed by atoms with Crippen molar-refractivity contribution >= 4 is 11.6 Å². The quantitative estimate of drug-likeness (QED) is 0.938. The summed E-state index contributed by atoms with van der Waals surface area (Å²) < 4.78 is 0. The molecule has 1 unspecified atom stereocenters. The van der Waals surface area contributed by atoms with Gasteiger partial charge in [-0.25, -0.2) is 9.97 Å². The van der Waals surface area contributed by atoms with Gasteiger partial charge in [0, 0.05) is 29.7 Å². The van der Waals surface area contributed by atoms with Crippen molar-refractivity contribution in [3.05, 3.63) is 40.8 Å². The number of aryl methyl sites for hydroxylation is 1. The molecule has 0 amide bonds. The van der Waals surface area contributed by atoms with Crippen LogP contribution in [0, 0.1) is 0 Å². The molecule has 5 heteroatoms. The monoisotopic (exact) mass is 302 g/mol. The highest BCUT2D eigenvalue weighted by Crippen LogP contribution is 2.30. The minimum absolute atomic E-state index is 0.377. The summed E-state index contributed by atoms with van der Waals surface area (Å²) in [5.74, 6) is 0.621. The summed E-state index contributed by atoms with van der Waals surface area (Å²) in [6, 6.07) is 4.01. The Kier molecular flexibility index (Phi) is 4.46. The number of rotatable bonds is 4. The Morgan fingerprint density at radius 3 is 3.10 bits per heavy atom. The molecule has 0 spiro atoms. The number of nitrogens with zero attached hydrogens (tertiary/aromatic N) is 3. The first-order chi connectivity index (χ1) is 10.3. The number of pyridine rings is 1. The van der Waals surface area contributed by atoms with Crippen LogP contribution in [-0.2, 0) is 6.42 Å². The highest BCUT2D eigenvalue weighted by Gasteiger charge is 2.22. The maximum absolute atomic E-state index is 6.18. The van der Waals surface area contributed by atoms with Crippen LogP contribution in [-0.4, -0.2) is 21.5 Å². The van der Waals surface area contributed by atoms with E-state index in [0.717, 1.165) is 37.9 Å². The molecule has 21 heavy (non-hydrogen) atoms. The number of hydrogen-bond donors (Lipinski definition) is 1. The minimum Gasteiger partial charge on any atom is -0.310 e. The summed E-state index contributed by atoms with van der Waals surface area (Å²) in [7, 11) is 0. The van der Waals surface area contributed by atoms with Gasteiger partial charge in [-0.2, -0.15) is 0 Å². The van der Waals surface area contributed by atoms with E-state index in [4.69, 9.17) is 16.6 Å². The maximum atomic E-state index is 6.18. The lowest BCUT2D eigenvalue weighted by atomic mass is 9.92. The largest absolute Gasteiger partial charge is 0.310 e. The SMILES string of the molecule is CCCNC1CCCc2nc(-c3ncccc3Cl)ncc21. The Balaban J connectivity index is 1.93. The van der Waals surface area contributed by atoms with Crippen molar-refractivity contribution in [2.45, 2.75) is 38.6 Å². The maximum Gasteiger partial charge on any atom is 0.179 e. The molecule has 4 nitrogen and oxygen atoms in total. The first-order valence-corrected chi connectivity index (χ1v) is 7.87. The zero-order chi connectivity index (χ0) is 14.7. The van der Waals surface area contributed by atoms with E-state index in [2.05, 4.69) is 22.2 Å². The molecule has 1 N–H and O–H groups in total. The number of fused-ring (bicyclic) bond motifs is 1. The first-order valence-electron chi connectivity index (χ1n) is 7.49. The average Bonchev–Trinajstić information content (AvgIpc) is 2.52. The molecule has 0 aliphatic heterocycles. The standard InChI is InChI=1S/C16H19ClN4/c1-2-8-18-13-6-3-7-14-11(13)10-20-16(21-14)15-12(17)5-4-9-19-15/h4-5,9-10,13,18H,2-3,6-8H2,1H3. The number of halogens is 1. The molecule has 0 saturated heterocycles. The van der Waals surface area contributed by atoms with Gasteiger partial charge in [0.15, 0.2) is 5.82 Å². The Labute approximate surface area is 130 Å². The highest BCUT2D eigenvalue weighted by molar-refractivity contribution is 6.32. The molecule has 0 radical (unpaired) electrons. The van der Waals surface area contributed by atoms with Crippen molar-refractivity contribution in [1.29, 1.82) is 0 Å². The van der Waals surface area contributed by atoms with E-state index in [1.54, 1.807) is 6.20 Å². The molecule has 1 aliphatic rings. The Morgan fingerprint density at radius 1 is 1.38 bits per heavy atom. The molecule has 1 atom stereocenters. The van der Waals surface area contributed by atoms with E-state index >= 15 is 0 Å². The van der Waals surface area contributed by atoms with E-state index < -0.39 is 0 Å². The molecule has 2 aromatic rings. The van der Waals surface area contributed by atoms with Crippen LogP contribution >= 0.6 is 11.6 Å². The summed E-state index contributed by atoms with van der Waals surface area (Å²) in [6.45, 7) is 3.21. The molecule has 2 aromatic heterocycles. The second-order valence-corrected chi connectivity index (χ2v) is 5.74. The van der Waals surface area contributed by atoms with Gasteiger partial charge in [-0.1, -0.05) is 18.5 Å². The second kappa shape index (κ2) is 6.50. The average molecular weight is 303 g/mol. The van der Waals surface area contributed by atoms with Gasteiger partial charge in [0.05, 0.1) is 5.02 Å². The molecule has 0 bridgehead atoms. The molecule has 2 heterocycles. The number of hydrogen-bond acceptors (Lipinski definition) is 4. The van der Waals surface area contributed by atoms with Crippen LogP contribution in [0.3, 0.4) is 0 Å². The molecule has 0 fully saturated rings. The van der Waals surface area contributed by atoms with Crippen LogP contribution in [0.25, 0.3) is 11.5 Å². The fraction of sp³-hybridized carbons (Fsp3) is 0.438. The fourth-order valence-electron chi connectivity index (χ4n) is 2.74. The van der Waals surface area contributed by atoms with Gasteiger partial charge in [0.2, 0.25) is 0 Å². The van der Waals surface area contributed by atoms with Crippen LogP contribution < -0.4 is 5.32 Å². The zero-order valence-corrected chi connectivity index (χ0v) is 12.9. The molecule has 0 saturated carbocycles. The number of nitrogens with one attached hydrogen (secondary N) is 1. The van der Waals surface area contributed by atoms with Gasteiger partial charge in [-0.05, 0) is 44.4 Å². The highest BCUT2D eigenvalue weighted by atomic mass is 35.5. The smallest absolute Gasteiger partial charge is 0.179 e. The van der Waals surface area contributed by atoms with Crippen molar-refractivity contribution < 1.29 is 0 Å². The van der Waals surface area contributed by atoms with Gasteiger partial charge >= 0.3 is 0 Å². The molecule has 0 aromatic carbocycles. The van der Waals surface area contributed by atoms with Crippen LogP contribution in [0.5, 0.6) is 0 Å². The van der Waals surface area contributed by atoms with Crippen LogP contribution in [0.1, 0.15) is 43.5 Å². The van der Waals surface area contributed by atoms with Gasteiger partial charge in [0.1, 0.15) is 5.69 Å². The Bertz CT molecular complexity index is 629. The lowest BCUT2D eigenvalue weighted by Crippen LogP contribution is -2.26. The van der Waals surface area contributed by atoms with Crippen molar-refractivity contribution in [1.82, 2.24) is 20.3 Å². The van der Waals surface area contributed by atoms with E-state index in [-0.39, 0.29) is 0 Å². The molecular weight excluding hydrogens is 284 g/mol. The molecule has 3 rings (SSSR count). The van der Waals surface area contributed by atoms with Crippen LogP contribution in [0.15, 0.2) is 24.5 Å². The summed E-state index contributed by atoms with van der Waals surface area (Å²) in [4.78, 5) is 13.5. The molecule has 110 valence electrons. The van der Waals surface area contributed by atoms with Gasteiger partial charge in [-0.15, -0.1) is 0 Å². The number of aromatic nitrogens is 3. The second-order valence-electron chi connectivity index (χ2n) is 5.33. The molecular formula is C16H19ClN4. The summed E-state index contributed by atoms with van der Waals surface area (Å²) in [5, 5.41) is 4.17. The lowest BCUT2D eigenvalue weighted by Gasteiger charge is -2.25. The summed E-state index contributed by atoms with van der Waals surface area (Å²) >= 11 is 6.18. The third-order valence-electron chi connectivity index (χ3n) is 3.79. The predicted octanol–water partition coefficient (Wildman–Crippen LogP) is 3.57. The molecule has 1 aliphatic carbocycles. The zero-order valence-electron chi connectivity index (χ0n) is 12.1. The Hall–Kier alpha value is -1.52. The fourth-order valence-corrected chi connectivity index (χ4v) is 2.95. The van der Waals surface area contributed by atoms with Gasteiger partial charge < -0.3 is 5.32 Å². The van der Waals surface area contributed by atoms with Crippen molar-refractivity contribution in [3.8, 4) is 11.5 Å². The predicted molar refractivity (Wildman–Crippen MR) is 84.2 cm³/mol. The summed E-state index contributed by atoms with van der Waals surface area (Å²) in [5.41, 5.74) is 3.01. The van der Waals surface area contributed by atoms with Crippen molar-refractivity contribution in [2.75, 3.05) is 6.54 Å². The van der Waals surface area contributed by atoms with Crippen LogP contribution in [0.2, 0.25) is 5.02 Å². The van der Waals surface area contributed by atoms with E-state index in [9.17, 15) is 0 Å². The van der Waals surface area contributed by atoms with Gasteiger partial charge in [0.25, 0.3) is 0 Å². The first kappa shape index (κ1) is 14.4. The van der Waals surface area contributed by atoms with Crippen molar-refractivity contribution in [2.24, 2.45) is 0 Å². The normalized spacial score (nSPS) is 17.5.